The first-order chi connectivity index (χ1) is 10.7. The molecule has 0 aromatic heterocycles. The summed E-state index contributed by atoms with van der Waals surface area (Å²) in [4.78, 5) is 24.3. The van der Waals surface area contributed by atoms with Gasteiger partial charge in [-0.1, -0.05) is 42.5 Å². The second kappa shape index (κ2) is 4.97. The van der Waals surface area contributed by atoms with Crippen molar-refractivity contribution in [3.8, 4) is 0 Å². The summed E-state index contributed by atoms with van der Waals surface area (Å²) in [6, 6.07) is 9.71. The van der Waals surface area contributed by atoms with E-state index in [0.717, 1.165) is 12.0 Å². The Labute approximate surface area is 129 Å². The van der Waals surface area contributed by atoms with Crippen LogP contribution in [0.2, 0.25) is 0 Å². The van der Waals surface area contributed by atoms with Gasteiger partial charge in [0.25, 0.3) is 0 Å². The van der Waals surface area contributed by atoms with Crippen LogP contribution in [0.3, 0.4) is 0 Å². The molecule has 4 heteroatoms. The van der Waals surface area contributed by atoms with Gasteiger partial charge in [-0.25, -0.2) is 0 Å². The lowest BCUT2D eigenvalue weighted by atomic mass is 9.62. The fraction of sp³-hybridized carbons (Fsp3) is 0.444. The quantitative estimate of drug-likeness (QED) is 0.836. The van der Waals surface area contributed by atoms with Gasteiger partial charge in [0.1, 0.15) is 0 Å². The Morgan fingerprint density at radius 2 is 1.68 bits per heavy atom. The number of benzene rings is 1. The monoisotopic (exact) mass is 297 g/mol. The number of aliphatic carboxylic acids is 1. The third-order valence-electron chi connectivity index (χ3n) is 5.55. The molecule has 0 spiro atoms. The summed E-state index contributed by atoms with van der Waals surface area (Å²) in [7, 11) is 0. The Morgan fingerprint density at radius 3 is 2.32 bits per heavy atom. The smallest absolute Gasteiger partial charge is 0.307 e. The third-order valence-corrected chi connectivity index (χ3v) is 5.55. The second-order valence-corrected chi connectivity index (χ2v) is 6.70. The van der Waals surface area contributed by atoms with Crippen molar-refractivity contribution in [3.05, 3.63) is 48.0 Å². The molecule has 5 rings (SSSR count). The maximum absolute atomic E-state index is 12.6. The molecule has 4 aliphatic carbocycles. The second-order valence-electron chi connectivity index (χ2n) is 6.70. The molecule has 2 saturated carbocycles. The zero-order valence-electron chi connectivity index (χ0n) is 12.2. The molecule has 114 valence electrons. The van der Waals surface area contributed by atoms with Crippen molar-refractivity contribution in [3.63, 3.8) is 0 Å². The number of allylic oxidation sites excluding steroid dienone is 2. The molecule has 4 nitrogen and oxygen atoms in total. The van der Waals surface area contributed by atoms with Gasteiger partial charge < -0.3 is 10.4 Å². The summed E-state index contributed by atoms with van der Waals surface area (Å²) in [6.07, 6.45) is 5.21. The Hall–Kier alpha value is -2.10. The average molecular weight is 297 g/mol. The maximum Gasteiger partial charge on any atom is 0.307 e. The molecule has 1 aromatic carbocycles. The molecule has 6 atom stereocenters. The minimum atomic E-state index is -0.829. The molecule has 0 aliphatic heterocycles. The van der Waals surface area contributed by atoms with Crippen LogP contribution in [0.25, 0.3) is 0 Å². The SMILES string of the molecule is O=C(O)[C@@H]1[C@H]2C=C[C@H]([C@H]3C[C@@H]23)[C@@H]1C(=O)NCc1ccccc1. The van der Waals surface area contributed by atoms with Crippen LogP contribution in [0.1, 0.15) is 12.0 Å². The van der Waals surface area contributed by atoms with E-state index in [0.29, 0.717) is 18.4 Å². The highest BCUT2D eigenvalue weighted by atomic mass is 16.4. The standard InChI is InChI=1S/C18H19NO3/c20-17(19-9-10-4-2-1-3-5-10)15-11-6-7-12(14-8-13(11)14)16(15)18(21)22/h1-7,11-16H,8-9H2,(H,19,20)(H,21,22)/t11-,12+,13-,14+,15+,16-/m1/s1. The number of carbonyl (C=O) groups is 2. The van der Waals surface area contributed by atoms with Crippen molar-refractivity contribution in [2.24, 2.45) is 35.5 Å². The van der Waals surface area contributed by atoms with E-state index in [1.165, 1.54) is 0 Å². The lowest BCUT2D eigenvalue weighted by Crippen LogP contribution is -2.49. The van der Waals surface area contributed by atoms with Crippen molar-refractivity contribution in [1.82, 2.24) is 5.32 Å². The van der Waals surface area contributed by atoms with Gasteiger partial charge in [-0.05, 0) is 35.7 Å². The van der Waals surface area contributed by atoms with Crippen molar-refractivity contribution in [1.29, 1.82) is 0 Å². The van der Waals surface area contributed by atoms with Gasteiger partial charge in [0.15, 0.2) is 0 Å². The summed E-state index contributed by atoms with van der Waals surface area (Å²) in [6.45, 7) is 0.456. The first-order valence-corrected chi connectivity index (χ1v) is 7.89. The van der Waals surface area contributed by atoms with Crippen LogP contribution < -0.4 is 5.32 Å². The Balaban J connectivity index is 1.51. The van der Waals surface area contributed by atoms with Crippen LogP contribution in [0.15, 0.2) is 42.5 Å². The number of nitrogens with one attached hydrogen (secondary N) is 1. The summed E-state index contributed by atoms with van der Waals surface area (Å²) in [5, 5.41) is 12.5. The largest absolute Gasteiger partial charge is 0.481 e. The van der Waals surface area contributed by atoms with Crippen molar-refractivity contribution >= 4 is 11.9 Å². The van der Waals surface area contributed by atoms with Gasteiger partial charge in [-0.2, -0.15) is 0 Å². The van der Waals surface area contributed by atoms with E-state index in [-0.39, 0.29) is 17.7 Å². The molecule has 0 heterocycles. The molecule has 4 aliphatic rings. The number of carboxylic acid groups (broad SMARTS) is 1. The van der Waals surface area contributed by atoms with Crippen molar-refractivity contribution < 1.29 is 14.7 Å². The van der Waals surface area contributed by atoms with Crippen LogP contribution in [0.5, 0.6) is 0 Å². The summed E-state index contributed by atoms with van der Waals surface area (Å²) in [5.41, 5.74) is 1.03. The van der Waals surface area contributed by atoms with E-state index in [2.05, 4.69) is 11.4 Å². The highest BCUT2D eigenvalue weighted by Crippen LogP contribution is 2.63. The fourth-order valence-electron chi connectivity index (χ4n) is 4.47. The molecule has 1 aromatic rings. The summed E-state index contributed by atoms with van der Waals surface area (Å²) < 4.78 is 0. The van der Waals surface area contributed by atoms with E-state index in [1.807, 2.05) is 36.4 Å². The lowest BCUT2D eigenvalue weighted by molar-refractivity contribution is -0.153. The minimum absolute atomic E-state index is 0.0416. The van der Waals surface area contributed by atoms with Gasteiger partial charge in [-0.3, -0.25) is 9.59 Å². The van der Waals surface area contributed by atoms with Gasteiger partial charge in [0.05, 0.1) is 11.8 Å². The fourth-order valence-corrected chi connectivity index (χ4v) is 4.47. The number of carbonyl (C=O) groups excluding carboxylic acids is 1. The predicted molar refractivity (Wildman–Crippen MR) is 80.6 cm³/mol. The van der Waals surface area contributed by atoms with Gasteiger partial charge in [0.2, 0.25) is 5.91 Å². The third kappa shape index (κ3) is 2.05. The normalized spacial score (nSPS) is 37.5. The molecule has 0 saturated heterocycles. The molecular weight excluding hydrogens is 278 g/mol. The first-order valence-electron chi connectivity index (χ1n) is 7.89. The van der Waals surface area contributed by atoms with Crippen LogP contribution in [0.4, 0.5) is 0 Å². The topological polar surface area (TPSA) is 66.4 Å². The molecule has 0 unspecified atom stereocenters. The zero-order chi connectivity index (χ0) is 15.3. The van der Waals surface area contributed by atoms with Crippen LogP contribution >= 0.6 is 0 Å². The van der Waals surface area contributed by atoms with Gasteiger partial charge in [0, 0.05) is 6.54 Å². The van der Waals surface area contributed by atoms with E-state index < -0.39 is 17.8 Å². The lowest BCUT2D eigenvalue weighted by Gasteiger charge is -2.41. The Morgan fingerprint density at radius 1 is 1.05 bits per heavy atom. The maximum atomic E-state index is 12.6. The predicted octanol–water partition coefficient (Wildman–Crippen LogP) is 2.07. The molecule has 2 fully saturated rings. The summed E-state index contributed by atoms with van der Waals surface area (Å²) in [5.74, 6) is -0.751. The number of hydrogen-bond donors (Lipinski definition) is 2. The van der Waals surface area contributed by atoms with Gasteiger partial charge >= 0.3 is 5.97 Å². The van der Waals surface area contributed by atoms with E-state index in [1.54, 1.807) is 0 Å². The van der Waals surface area contributed by atoms with Crippen LogP contribution in [0, 0.1) is 35.5 Å². The molecule has 0 radical (unpaired) electrons. The Kier molecular flexibility index (Phi) is 3.06. The Bertz CT molecular complexity index is 639. The van der Waals surface area contributed by atoms with Crippen LogP contribution in [-0.2, 0) is 16.1 Å². The minimum Gasteiger partial charge on any atom is -0.481 e. The van der Waals surface area contributed by atoms with Crippen molar-refractivity contribution in [2.75, 3.05) is 0 Å². The number of amides is 1. The number of carboxylic acids is 1. The van der Waals surface area contributed by atoms with Gasteiger partial charge in [-0.15, -0.1) is 0 Å². The van der Waals surface area contributed by atoms with Crippen LogP contribution in [-0.4, -0.2) is 17.0 Å². The van der Waals surface area contributed by atoms with E-state index >= 15 is 0 Å². The number of fused-ring (bicyclic) bond motifs is 1. The molecule has 22 heavy (non-hydrogen) atoms. The van der Waals surface area contributed by atoms with E-state index in [4.69, 9.17) is 0 Å². The highest BCUT2D eigenvalue weighted by molar-refractivity contribution is 5.86. The number of rotatable bonds is 4. The number of hydrogen-bond acceptors (Lipinski definition) is 2. The van der Waals surface area contributed by atoms with Crippen molar-refractivity contribution in [2.45, 2.75) is 13.0 Å². The zero-order valence-corrected chi connectivity index (χ0v) is 12.2. The highest BCUT2D eigenvalue weighted by Gasteiger charge is 2.62. The summed E-state index contributed by atoms with van der Waals surface area (Å²) >= 11 is 0. The molecule has 2 N–H and O–H groups in total. The van der Waals surface area contributed by atoms with E-state index in [9.17, 15) is 14.7 Å². The molecular formula is C18H19NO3. The first kappa shape index (κ1) is 13.6. The molecule has 2 bridgehead atoms. The molecule has 1 amide bonds. The average Bonchev–Trinajstić information content (AvgIpc) is 3.35.